The smallest absolute Gasteiger partial charge is 0.303 e. The predicted molar refractivity (Wildman–Crippen MR) is 83.4 cm³/mol. The average Bonchev–Trinajstić information content (AvgIpc) is 2.84. The molecule has 1 aliphatic rings. The van der Waals surface area contributed by atoms with Crippen molar-refractivity contribution >= 4 is 21.9 Å². The van der Waals surface area contributed by atoms with Crippen LogP contribution in [0.15, 0.2) is 29.2 Å². The fraction of sp³-hybridized carbons (Fsp3) is 0.467. The van der Waals surface area contributed by atoms with Crippen molar-refractivity contribution in [1.82, 2.24) is 9.21 Å². The average molecular weight is 340 g/mol. The fourth-order valence-electron chi connectivity index (χ4n) is 2.55. The molecule has 2 rings (SSSR count). The van der Waals surface area contributed by atoms with Crippen LogP contribution in [0.3, 0.4) is 0 Å². The number of rotatable bonds is 6. The van der Waals surface area contributed by atoms with Crippen molar-refractivity contribution in [3.05, 3.63) is 29.8 Å². The molecule has 0 saturated carbocycles. The summed E-state index contributed by atoms with van der Waals surface area (Å²) in [7, 11) is -0.692. The molecule has 1 atom stereocenters. The standard InChI is InChI=1S/C15H20N2O5S/c1-16-10-9-13(15(16)20)17(2)23(21,22)12-6-3-11(4-7-12)5-8-14(18)19/h3-4,6-7,13H,5,8-10H2,1-2H3,(H,18,19). The number of likely N-dealkylation sites (N-methyl/N-ethyl adjacent to an activating group) is 2. The number of carbonyl (C=O) groups is 2. The van der Waals surface area contributed by atoms with Gasteiger partial charge < -0.3 is 10.0 Å². The van der Waals surface area contributed by atoms with E-state index in [0.717, 1.165) is 9.87 Å². The van der Waals surface area contributed by atoms with Gasteiger partial charge in [0.05, 0.1) is 4.90 Å². The summed E-state index contributed by atoms with van der Waals surface area (Å²) in [5.74, 6) is -1.10. The van der Waals surface area contributed by atoms with E-state index >= 15 is 0 Å². The molecule has 1 N–H and O–H groups in total. The zero-order valence-corrected chi connectivity index (χ0v) is 13.9. The van der Waals surface area contributed by atoms with E-state index in [-0.39, 0.29) is 17.2 Å². The van der Waals surface area contributed by atoms with Gasteiger partial charge in [-0.05, 0) is 30.5 Å². The molecule has 7 nitrogen and oxygen atoms in total. The van der Waals surface area contributed by atoms with Crippen LogP contribution in [-0.4, -0.2) is 61.3 Å². The summed E-state index contributed by atoms with van der Waals surface area (Å²) < 4.78 is 26.3. The van der Waals surface area contributed by atoms with Crippen LogP contribution in [0, 0.1) is 0 Å². The summed E-state index contributed by atoms with van der Waals surface area (Å²) in [5.41, 5.74) is 0.755. The number of sulfonamides is 1. The minimum Gasteiger partial charge on any atom is -0.481 e. The maximum atomic E-state index is 12.6. The van der Waals surface area contributed by atoms with Crippen LogP contribution < -0.4 is 0 Å². The molecular weight excluding hydrogens is 320 g/mol. The highest BCUT2D eigenvalue weighted by Gasteiger charge is 2.38. The van der Waals surface area contributed by atoms with Crippen LogP contribution in [-0.2, 0) is 26.0 Å². The van der Waals surface area contributed by atoms with Gasteiger partial charge in [0.1, 0.15) is 6.04 Å². The van der Waals surface area contributed by atoms with E-state index in [1.807, 2.05) is 0 Å². The molecule has 1 amide bonds. The first-order valence-electron chi connectivity index (χ1n) is 7.27. The van der Waals surface area contributed by atoms with Crippen molar-refractivity contribution in [2.24, 2.45) is 0 Å². The van der Waals surface area contributed by atoms with Crippen molar-refractivity contribution in [2.45, 2.75) is 30.2 Å². The van der Waals surface area contributed by atoms with Gasteiger partial charge in [0.25, 0.3) is 0 Å². The second-order valence-electron chi connectivity index (χ2n) is 5.62. The summed E-state index contributed by atoms with van der Waals surface area (Å²) in [6.07, 6.45) is 0.814. The molecule has 1 fully saturated rings. The summed E-state index contributed by atoms with van der Waals surface area (Å²) in [6, 6.07) is 5.44. The number of carbonyl (C=O) groups excluding carboxylic acids is 1. The Kier molecular flexibility index (Phi) is 5.06. The van der Waals surface area contributed by atoms with Gasteiger partial charge in [0.2, 0.25) is 15.9 Å². The highest BCUT2D eigenvalue weighted by molar-refractivity contribution is 7.89. The molecule has 0 aromatic heterocycles. The fourth-order valence-corrected chi connectivity index (χ4v) is 3.90. The highest BCUT2D eigenvalue weighted by Crippen LogP contribution is 2.23. The SMILES string of the molecule is CN1CCC(N(C)S(=O)(=O)c2ccc(CCC(=O)O)cc2)C1=O. The Balaban J connectivity index is 2.16. The van der Waals surface area contributed by atoms with Crippen molar-refractivity contribution in [1.29, 1.82) is 0 Å². The van der Waals surface area contributed by atoms with Crippen LogP contribution in [0.1, 0.15) is 18.4 Å². The second-order valence-corrected chi connectivity index (χ2v) is 7.62. The van der Waals surface area contributed by atoms with Crippen LogP contribution in [0.25, 0.3) is 0 Å². The number of benzene rings is 1. The first-order valence-corrected chi connectivity index (χ1v) is 8.71. The predicted octanol–water partition coefficient (Wildman–Crippen LogP) is 0.555. The number of likely N-dealkylation sites (tertiary alicyclic amines) is 1. The Morgan fingerprint density at radius 3 is 2.43 bits per heavy atom. The van der Waals surface area contributed by atoms with Gasteiger partial charge in [0.15, 0.2) is 0 Å². The van der Waals surface area contributed by atoms with Gasteiger partial charge in [-0.2, -0.15) is 4.31 Å². The Morgan fingerprint density at radius 1 is 1.35 bits per heavy atom. The molecule has 126 valence electrons. The van der Waals surface area contributed by atoms with E-state index in [9.17, 15) is 18.0 Å². The lowest BCUT2D eigenvalue weighted by atomic mass is 10.1. The second kappa shape index (κ2) is 6.67. The maximum absolute atomic E-state index is 12.6. The van der Waals surface area contributed by atoms with E-state index in [1.54, 1.807) is 19.2 Å². The lowest BCUT2D eigenvalue weighted by Crippen LogP contribution is -2.42. The lowest BCUT2D eigenvalue weighted by Gasteiger charge is -2.22. The number of hydrogen-bond acceptors (Lipinski definition) is 4. The number of aryl methyl sites for hydroxylation is 1. The van der Waals surface area contributed by atoms with Crippen molar-refractivity contribution < 1.29 is 23.1 Å². The van der Waals surface area contributed by atoms with Gasteiger partial charge in [0, 0.05) is 27.1 Å². The number of amides is 1. The molecule has 8 heteroatoms. The van der Waals surface area contributed by atoms with E-state index in [0.29, 0.717) is 19.4 Å². The summed E-state index contributed by atoms with van der Waals surface area (Å²) in [5, 5.41) is 8.66. The highest BCUT2D eigenvalue weighted by atomic mass is 32.2. The Bertz CT molecular complexity index is 699. The third-order valence-electron chi connectivity index (χ3n) is 4.07. The monoisotopic (exact) mass is 340 g/mol. The van der Waals surface area contributed by atoms with E-state index in [1.165, 1.54) is 24.1 Å². The minimum atomic E-state index is -3.76. The normalized spacial score (nSPS) is 18.7. The topological polar surface area (TPSA) is 95.0 Å². The zero-order chi connectivity index (χ0) is 17.2. The van der Waals surface area contributed by atoms with Crippen molar-refractivity contribution in [3.63, 3.8) is 0 Å². The third kappa shape index (κ3) is 3.70. The largest absolute Gasteiger partial charge is 0.481 e. The van der Waals surface area contributed by atoms with Gasteiger partial charge >= 0.3 is 5.97 Å². The molecule has 1 unspecified atom stereocenters. The number of nitrogens with zero attached hydrogens (tertiary/aromatic N) is 2. The summed E-state index contributed by atoms with van der Waals surface area (Å²) >= 11 is 0. The maximum Gasteiger partial charge on any atom is 0.303 e. The van der Waals surface area contributed by atoms with E-state index in [4.69, 9.17) is 5.11 Å². The number of carboxylic acid groups (broad SMARTS) is 1. The molecule has 1 aromatic rings. The molecule has 0 spiro atoms. The summed E-state index contributed by atoms with van der Waals surface area (Å²) in [6.45, 7) is 0.539. The number of hydrogen-bond donors (Lipinski definition) is 1. The van der Waals surface area contributed by atoms with E-state index in [2.05, 4.69) is 0 Å². The lowest BCUT2D eigenvalue weighted by molar-refractivity contribution is -0.137. The first kappa shape index (κ1) is 17.4. The Morgan fingerprint density at radius 2 is 1.96 bits per heavy atom. The van der Waals surface area contributed by atoms with Crippen molar-refractivity contribution in [3.8, 4) is 0 Å². The number of aliphatic carboxylic acids is 1. The van der Waals surface area contributed by atoms with Crippen LogP contribution in [0.4, 0.5) is 0 Å². The van der Waals surface area contributed by atoms with Crippen LogP contribution >= 0.6 is 0 Å². The minimum absolute atomic E-state index is 0.00505. The molecule has 0 aliphatic carbocycles. The van der Waals surface area contributed by atoms with Crippen molar-refractivity contribution in [2.75, 3.05) is 20.6 Å². The summed E-state index contributed by atoms with van der Waals surface area (Å²) in [4.78, 5) is 24.2. The molecule has 1 heterocycles. The molecular formula is C15H20N2O5S. The molecule has 23 heavy (non-hydrogen) atoms. The van der Waals surface area contributed by atoms with Crippen LogP contribution in [0.5, 0.6) is 0 Å². The molecule has 0 radical (unpaired) electrons. The molecule has 1 aromatic carbocycles. The van der Waals surface area contributed by atoms with Gasteiger partial charge in [-0.3, -0.25) is 9.59 Å². The van der Waals surface area contributed by atoms with Gasteiger partial charge in [-0.1, -0.05) is 12.1 Å². The quantitative estimate of drug-likeness (QED) is 0.816. The zero-order valence-electron chi connectivity index (χ0n) is 13.1. The molecule has 1 saturated heterocycles. The Labute approximate surface area is 135 Å². The van der Waals surface area contributed by atoms with Crippen LogP contribution in [0.2, 0.25) is 0 Å². The van der Waals surface area contributed by atoms with Gasteiger partial charge in [-0.25, -0.2) is 8.42 Å². The van der Waals surface area contributed by atoms with Gasteiger partial charge in [-0.15, -0.1) is 0 Å². The molecule has 1 aliphatic heterocycles. The third-order valence-corrected chi connectivity index (χ3v) is 5.95. The molecule has 0 bridgehead atoms. The van der Waals surface area contributed by atoms with E-state index < -0.39 is 22.0 Å². The number of carboxylic acids is 1. The Hall–Kier alpha value is -1.93. The first-order chi connectivity index (χ1) is 10.7.